The standard InChI is InChI=1S/C8H20N2Si/c1-7(2,3)9-11-10-8(4,5)6/h9-10H,1-6H3. The predicted octanol–water partition coefficient (Wildman–Crippen LogP) is 1.30. The summed E-state index contributed by atoms with van der Waals surface area (Å²) in [7, 11) is 0.635. The van der Waals surface area contributed by atoms with Crippen LogP contribution in [-0.2, 0) is 0 Å². The van der Waals surface area contributed by atoms with E-state index in [0.717, 1.165) is 0 Å². The fourth-order valence-corrected chi connectivity index (χ4v) is 1.22. The minimum atomic E-state index is 0.219. The molecule has 0 aliphatic heterocycles. The van der Waals surface area contributed by atoms with Crippen LogP contribution in [0, 0.1) is 0 Å². The van der Waals surface area contributed by atoms with E-state index in [1.807, 2.05) is 0 Å². The van der Waals surface area contributed by atoms with Crippen LogP contribution in [0.1, 0.15) is 41.5 Å². The lowest BCUT2D eigenvalue weighted by molar-refractivity contribution is 0.485. The van der Waals surface area contributed by atoms with Gasteiger partial charge in [-0.1, -0.05) is 0 Å². The molecular formula is C8H20N2Si. The third-order valence-electron chi connectivity index (χ3n) is 0.875. The molecule has 11 heavy (non-hydrogen) atoms. The van der Waals surface area contributed by atoms with Crippen molar-refractivity contribution in [2.45, 2.75) is 52.6 Å². The zero-order valence-electron chi connectivity index (χ0n) is 8.50. The Bertz CT molecular complexity index is 96.2. The van der Waals surface area contributed by atoms with Crippen molar-refractivity contribution < 1.29 is 0 Å². The second-order valence-corrected chi connectivity index (χ2v) is 5.62. The van der Waals surface area contributed by atoms with Gasteiger partial charge in [-0.15, -0.1) is 0 Å². The monoisotopic (exact) mass is 172 g/mol. The van der Waals surface area contributed by atoms with E-state index < -0.39 is 0 Å². The summed E-state index contributed by atoms with van der Waals surface area (Å²) in [5.74, 6) is 0. The highest BCUT2D eigenvalue weighted by Crippen LogP contribution is 1.98. The SMILES string of the molecule is CC(C)(C)N[Si]NC(C)(C)C. The Morgan fingerprint density at radius 3 is 1.18 bits per heavy atom. The molecule has 2 radical (unpaired) electrons. The average Bonchev–Trinajstić information content (AvgIpc) is 1.55. The van der Waals surface area contributed by atoms with E-state index >= 15 is 0 Å². The van der Waals surface area contributed by atoms with Crippen molar-refractivity contribution in [3.8, 4) is 0 Å². The van der Waals surface area contributed by atoms with Gasteiger partial charge in [0.25, 0.3) is 0 Å². The molecule has 0 unspecified atom stereocenters. The van der Waals surface area contributed by atoms with Gasteiger partial charge in [-0.2, -0.15) is 0 Å². The Labute approximate surface area is 73.1 Å². The first-order valence-corrected chi connectivity index (χ1v) is 5.00. The largest absolute Gasteiger partial charge is 0.321 e. The van der Waals surface area contributed by atoms with Gasteiger partial charge >= 0.3 is 0 Å². The predicted molar refractivity (Wildman–Crippen MR) is 51.5 cm³/mol. The van der Waals surface area contributed by atoms with Crippen LogP contribution in [0.3, 0.4) is 0 Å². The van der Waals surface area contributed by atoms with Crippen LogP contribution in [0.15, 0.2) is 0 Å². The third-order valence-corrected chi connectivity index (χ3v) is 2.62. The quantitative estimate of drug-likeness (QED) is 0.614. The van der Waals surface area contributed by atoms with Gasteiger partial charge in [0.05, 0.1) is 0 Å². The van der Waals surface area contributed by atoms with E-state index in [1.54, 1.807) is 0 Å². The lowest BCUT2D eigenvalue weighted by Gasteiger charge is -2.25. The first-order valence-electron chi connectivity index (χ1n) is 4.00. The van der Waals surface area contributed by atoms with E-state index in [0.29, 0.717) is 9.84 Å². The van der Waals surface area contributed by atoms with E-state index in [9.17, 15) is 0 Å². The summed E-state index contributed by atoms with van der Waals surface area (Å²) in [5.41, 5.74) is 0.438. The molecule has 0 aliphatic carbocycles. The number of rotatable bonds is 2. The van der Waals surface area contributed by atoms with Crippen LogP contribution >= 0.6 is 0 Å². The van der Waals surface area contributed by atoms with Crippen LogP contribution in [0.25, 0.3) is 0 Å². The minimum absolute atomic E-state index is 0.219. The Balaban J connectivity index is 3.44. The summed E-state index contributed by atoms with van der Waals surface area (Å²) < 4.78 is 0. The van der Waals surface area contributed by atoms with E-state index in [2.05, 4.69) is 51.5 Å². The maximum atomic E-state index is 3.40. The van der Waals surface area contributed by atoms with Crippen LogP contribution in [0.2, 0.25) is 0 Å². The fraction of sp³-hybridized carbons (Fsp3) is 1.00. The maximum Gasteiger partial charge on any atom is 0.246 e. The molecule has 0 aromatic heterocycles. The lowest BCUT2D eigenvalue weighted by atomic mass is 10.1. The Morgan fingerprint density at radius 1 is 0.727 bits per heavy atom. The van der Waals surface area contributed by atoms with Gasteiger partial charge in [0.2, 0.25) is 9.84 Å². The van der Waals surface area contributed by atoms with Gasteiger partial charge in [0, 0.05) is 11.1 Å². The van der Waals surface area contributed by atoms with Crippen molar-refractivity contribution in [3.63, 3.8) is 0 Å². The fourth-order valence-electron chi connectivity index (χ4n) is 0.406. The van der Waals surface area contributed by atoms with Crippen molar-refractivity contribution >= 4 is 9.84 Å². The zero-order valence-corrected chi connectivity index (χ0v) is 9.50. The highest BCUT2D eigenvalue weighted by atomic mass is 28.2. The molecule has 0 bridgehead atoms. The average molecular weight is 172 g/mol. The van der Waals surface area contributed by atoms with Crippen molar-refractivity contribution in [3.05, 3.63) is 0 Å². The van der Waals surface area contributed by atoms with Crippen molar-refractivity contribution in [2.24, 2.45) is 0 Å². The van der Waals surface area contributed by atoms with E-state index in [4.69, 9.17) is 0 Å². The Hall–Kier alpha value is 0.137. The smallest absolute Gasteiger partial charge is 0.246 e. The molecule has 0 spiro atoms. The molecule has 0 aliphatic rings. The van der Waals surface area contributed by atoms with Crippen LogP contribution in [0.4, 0.5) is 0 Å². The Kier molecular flexibility index (Phi) is 3.74. The minimum Gasteiger partial charge on any atom is -0.321 e. The van der Waals surface area contributed by atoms with Gasteiger partial charge in [0.1, 0.15) is 0 Å². The molecule has 0 saturated heterocycles. The zero-order chi connectivity index (χ0) is 9.12. The summed E-state index contributed by atoms with van der Waals surface area (Å²) in [4.78, 5) is 6.79. The topological polar surface area (TPSA) is 24.1 Å². The first kappa shape index (κ1) is 11.1. The Morgan fingerprint density at radius 2 is 1.00 bits per heavy atom. The van der Waals surface area contributed by atoms with Crippen molar-refractivity contribution in [1.29, 1.82) is 0 Å². The van der Waals surface area contributed by atoms with Crippen LogP contribution in [0.5, 0.6) is 0 Å². The summed E-state index contributed by atoms with van der Waals surface area (Å²) >= 11 is 0. The van der Waals surface area contributed by atoms with Gasteiger partial charge in [-0.3, -0.25) is 0 Å². The highest BCUT2D eigenvalue weighted by Gasteiger charge is 2.13. The number of hydrogen-bond donors (Lipinski definition) is 2. The maximum absolute atomic E-state index is 3.40. The van der Waals surface area contributed by atoms with Gasteiger partial charge < -0.3 is 9.96 Å². The van der Waals surface area contributed by atoms with Gasteiger partial charge in [0.15, 0.2) is 0 Å². The van der Waals surface area contributed by atoms with Gasteiger partial charge in [-0.05, 0) is 41.5 Å². The van der Waals surface area contributed by atoms with Gasteiger partial charge in [-0.25, -0.2) is 0 Å². The van der Waals surface area contributed by atoms with E-state index in [-0.39, 0.29) is 11.1 Å². The molecule has 0 heterocycles. The van der Waals surface area contributed by atoms with Crippen LogP contribution in [-0.4, -0.2) is 20.9 Å². The lowest BCUT2D eigenvalue weighted by Crippen LogP contribution is -2.50. The molecule has 0 fully saturated rings. The third kappa shape index (κ3) is 10.1. The summed E-state index contributed by atoms with van der Waals surface area (Å²) in [6.07, 6.45) is 0. The molecule has 0 saturated carbocycles. The molecule has 2 N–H and O–H groups in total. The molecule has 0 rings (SSSR count). The summed E-state index contributed by atoms with van der Waals surface area (Å²) in [6, 6.07) is 0. The molecule has 0 atom stereocenters. The second kappa shape index (κ2) is 3.69. The molecule has 3 heteroatoms. The molecule has 0 aromatic rings. The molecular weight excluding hydrogens is 152 g/mol. The van der Waals surface area contributed by atoms with Crippen molar-refractivity contribution in [1.82, 2.24) is 9.96 Å². The molecule has 2 nitrogen and oxygen atoms in total. The number of hydrogen-bond acceptors (Lipinski definition) is 2. The second-order valence-electron chi connectivity index (χ2n) is 4.88. The highest BCUT2D eigenvalue weighted by molar-refractivity contribution is 6.29. The molecule has 0 aromatic carbocycles. The van der Waals surface area contributed by atoms with Crippen molar-refractivity contribution in [2.75, 3.05) is 0 Å². The number of nitrogens with one attached hydrogen (secondary N) is 2. The molecule has 0 amide bonds. The summed E-state index contributed by atoms with van der Waals surface area (Å²) in [6.45, 7) is 13.0. The molecule has 66 valence electrons. The summed E-state index contributed by atoms with van der Waals surface area (Å²) in [5, 5.41) is 0. The normalized spacial score (nSPS) is 13.6. The van der Waals surface area contributed by atoms with E-state index in [1.165, 1.54) is 0 Å². The van der Waals surface area contributed by atoms with Crippen LogP contribution < -0.4 is 9.96 Å². The first-order chi connectivity index (χ1) is 4.71.